The molecule has 0 amide bonds. The van der Waals surface area contributed by atoms with Gasteiger partial charge in [-0.2, -0.15) is 0 Å². The highest BCUT2D eigenvalue weighted by atomic mass is 32.1. The smallest absolute Gasteiger partial charge is 0.196 e. The second-order valence-corrected chi connectivity index (χ2v) is 8.10. The number of nitrogen functional groups attached to an aromatic ring is 1. The highest BCUT2D eigenvalue weighted by Gasteiger charge is 2.37. The fourth-order valence-electron chi connectivity index (χ4n) is 3.90. The first-order valence-corrected chi connectivity index (χ1v) is 10.7. The predicted octanol–water partition coefficient (Wildman–Crippen LogP) is 6.23. The normalized spacial score (nSPS) is 12.2. The van der Waals surface area contributed by atoms with Gasteiger partial charge >= 0.3 is 0 Å². The Morgan fingerprint density at radius 1 is 0.697 bits per heavy atom. The number of fused-ring (bicyclic) bond motifs is 2. The lowest BCUT2D eigenvalue weighted by Crippen LogP contribution is -2.23. The minimum absolute atomic E-state index is 0.0306. The molecule has 6 heteroatoms. The molecule has 5 nitrogen and oxygen atoms in total. The van der Waals surface area contributed by atoms with Crippen molar-refractivity contribution >= 4 is 29.9 Å². The summed E-state index contributed by atoms with van der Waals surface area (Å²) in [6, 6.07) is 23.1. The van der Waals surface area contributed by atoms with E-state index in [1.807, 2.05) is 43.3 Å². The Morgan fingerprint density at radius 3 is 1.94 bits per heavy atom. The molecule has 0 saturated heterocycles. The lowest BCUT2D eigenvalue weighted by Gasteiger charge is -2.25. The SMILES string of the molecule is Cc1ccccc1Oc1c(S)c2c(c(N)c1Oc1ccccc1)C(=O)c1ccccc1C2=O. The Hall–Kier alpha value is -4.03. The second kappa shape index (κ2) is 8.15. The summed E-state index contributed by atoms with van der Waals surface area (Å²) in [5.41, 5.74) is 8.21. The third-order valence-corrected chi connectivity index (χ3v) is 5.99. The van der Waals surface area contributed by atoms with Crippen LogP contribution in [0.5, 0.6) is 23.0 Å². The maximum atomic E-state index is 13.4. The maximum Gasteiger partial charge on any atom is 0.196 e. The topological polar surface area (TPSA) is 78.6 Å². The van der Waals surface area contributed by atoms with Crippen molar-refractivity contribution in [3.8, 4) is 23.0 Å². The van der Waals surface area contributed by atoms with Crippen LogP contribution in [0, 0.1) is 6.92 Å². The molecule has 0 radical (unpaired) electrons. The van der Waals surface area contributed by atoms with E-state index in [0.717, 1.165) is 5.56 Å². The van der Waals surface area contributed by atoms with Crippen LogP contribution >= 0.6 is 12.6 Å². The molecule has 1 aliphatic rings. The average Bonchev–Trinajstić information content (AvgIpc) is 2.83. The van der Waals surface area contributed by atoms with Gasteiger partial charge in [-0.15, -0.1) is 12.6 Å². The molecule has 0 atom stereocenters. The van der Waals surface area contributed by atoms with Crippen molar-refractivity contribution in [3.63, 3.8) is 0 Å². The van der Waals surface area contributed by atoms with Gasteiger partial charge in [-0.3, -0.25) is 9.59 Å². The Morgan fingerprint density at radius 2 is 1.27 bits per heavy atom. The van der Waals surface area contributed by atoms with Gasteiger partial charge in [0.25, 0.3) is 0 Å². The van der Waals surface area contributed by atoms with Crippen LogP contribution in [-0.2, 0) is 0 Å². The number of carbonyl (C=O) groups is 2. The molecule has 2 N–H and O–H groups in total. The summed E-state index contributed by atoms with van der Waals surface area (Å²) >= 11 is 4.65. The molecule has 0 spiro atoms. The fraction of sp³-hybridized carbons (Fsp3) is 0.0370. The van der Waals surface area contributed by atoms with Crippen molar-refractivity contribution in [2.24, 2.45) is 0 Å². The van der Waals surface area contributed by atoms with Crippen molar-refractivity contribution in [3.05, 3.63) is 107 Å². The molecule has 0 fully saturated rings. The number of rotatable bonds is 4. The van der Waals surface area contributed by atoms with Gasteiger partial charge in [-0.05, 0) is 30.7 Å². The van der Waals surface area contributed by atoms with Gasteiger partial charge in [0, 0.05) is 11.1 Å². The first-order valence-electron chi connectivity index (χ1n) is 10.3. The van der Waals surface area contributed by atoms with Crippen molar-refractivity contribution in [2.75, 3.05) is 5.73 Å². The number of thiol groups is 1. The van der Waals surface area contributed by atoms with Gasteiger partial charge in [-0.1, -0.05) is 60.7 Å². The van der Waals surface area contributed by atoms with Gasteiger partial charge in [0.1, 0.15) is 11.5 Å². The predicted molar refractivity (Wildman–Crippen MR) is 129 cm³/mol. The van der Waals surface area contributed by atoms with Crippen LogP contribution in [0.4, 0.5) is 5.69 Å². The van der Waals surface area contributed by atoms with Gasteiger partial charge in [0.05, 0.1) is 21.7 Å². The zero-order valence-electron chi connectivity index (χ0n) is 17.7. The van der Waals surface area contributed by atoms with Crippen molar-refractivity contribution < 1.29 is 19.1 Å². The largest absolute Gasteiger partial charge is 0.452 e. The summed E-state index contributed by atoms with van der Waals surface area (Å²) in [5, 5.41) is 0. The first-order chi connectivity index (χ1) is 16.0. The van der Waals surface area contributed by atoms with E-state index in [1.165, 1.54) is 0 Å². The first kappa shape index (κ1) is 20.8. The summed E-state index contributed by atoms with van der Waals surface area (Å²) in [7, 11) is 0. The summed E-state index contributed by atoms with van der Waals surface area (Å²) < 4.78 is 12.3. The zero-order valence-corrected chi connectivity index (χ0v) is 18.6. The Labute approximate surface area is 196 Å². The number of para-hydroxylation sites is 2. The molecule has 0 aliphatic heterocycles. The van der Waals surface area contributed by atoms with E-state index in [2.05, 4.69) is 12.6 Å². The van der Waals surface area contributed by atoms with E-state index in [4.69, 9.17) is 15.2 Å². The van der Waals surface area contributed by atoms with E-state index in [0.29, 0.717) is 22.6 Å². The third-order valence-electron chi connectivity index (χ3n) is 5.56. The van der Waals surface area contributed by atoms with Gasteiger partial charge < -0.3 is 15.2 Å². The lowest BCUT2D eigenvalue weighted by atomic mass is 9.82. The molecule has 0 heterocycles. The van der Waals surface area contributed by atoms with Gasteiger partial charge in [0.2, 0.25) is 0 Å². The molecule has 0 unspecified atom stereocenters. The van der Waals surface area contributed by atoms with E-state index in [1.54, 1.807) is 42.5 Å². The van der Waals surface area contributed by atoms with Gasteiger partial charge in [-0.25, -0.2) is 0 Å². The van der Waals surface area contributed by atoms with Crippen molar-refractivity contribution in [1.29, 1.82) is 0 Å². The minimum atomic E-state index is -0.353. The molecule has 1 aliphatic carbocycles. The summed E-state index contributed by atoms with van der Waals surface area (Å²) in [6.07, 6.45) is 0. The molecule has 0 bridgehead atoms. The lowest BCUT2D eigenvalue weighted by molar-refractivity contribution is 0.0977. The van der Waals surface area contributed by atoms with Gasteiger partial charge in [0.15, 0.2) is 23.1 Å². The molecule has 162 valence electrons. The fourth-order valence-corrected chi connectivity index (χ4v) is 4.26. The molecule has 33 heavy (non-hydrogen) atoms. The van der Waals surface area contributed by atoms with Crippen LogP contribution in [0.3, 0.4) is 0 Å². The number of anilines is 1. The molecule has 5 rings (SSSR count). The number of ether oxygens (including phenoxy) is 2. The maximum absolute atomic E-state index is 13.4. The van der Waals surface area contributed by atoms with Crippen LogP contribution in [-0.4, -0.2) is 11.6 Å². The molecule has 0 aromatic heterocycles. The van der Waals surface area contributed by atoms with E-state index in [9.17, 15) is 9.59 Å². The number of nitrogens with two attached hydrogens (primary N) is 1. The molecule has 0 saturated carbocycles. The number of carbonyl (C=O) groups excluding carboxylic acids is 2. The highest BCUT2D eigenvalue weighted by molar-refractivity contribution is 7.80. The standard InChI is InChI=1S/C27H19NO4S/c1-15-9-5-8-14-19(15)32-26-25(31-16-10-3-2-4-11-16)22(28)20-21(27(26)33)24(30)18-13-7-6-12-17(18)23(20)29/h2-14,33H,28H2,1H3. The Bertz CT molecular complexity index is 1430. The zero-order chi connectivity index (χ0) is 23.1. The summed E-state index contributed by atoms with van der Waals surface area (Å²) in [6.45, 7) is 1.90. The van der Waals surface area contributed by atoms with Crippen molar-refractivity contribution in [2.45, 2.75) is 11.8 Å². The minimum Gasteiger partial charge on any atom is -0.452 e. The number of hydrogen-bond donors (Lipinski definition) is 2. The number of ketones is 2. The third kappa shape index (κ3) is 3.45. The quantitative estimate of drug-likeness (QED) is 0.249. The van der Waals surface area contributed by atoms with E-state index in [-0.39, 0.29) is 44.8 Å². The number of aryl methyl sites for hydroxylation is 1. The van der Waals surface area contributed by atoms with Crippen LogP contribution < -0.4 is 15.2 Å². The van der Waals surface area contributed by atoms with Crippen molar-refractivity contribution in [1.82, 2.24) is 0 Å². The van der Waals surface area contributed by atoms with Crippen LogP contribution in [0.1, 0.15) is 37.4 Å². The number of hydrogen-bond acceptors (Lipinski definition) is 6. The molecule has 4 aromatic rings. The average molecular weight is 454 g/mol. The number of benzene rings is 4. The van der Waals surface area contributed by atoms with E-state index < -0.39 is 0 Å². The summed E-state index contributed by atoms with van der Waals surface area (Å²) in [4.78, 5) is 27.0. The Kier molecular flexibility index (Phi) is 5.15. The van der Waals surface area contributed by atoms with Crippen LogP contribution in [0.25, 0.3) is 0 Å². The Balaban J connectivity index is 1.77. The summed E-state index contributed by atoms with van der Waals surface area (Å²) in [5.74, 6) is 0.676. The van der Waals surface area contributed by atoms with E-state index >= 15 is 0 Å². The molecular formula is C27H19NO4S. The van der Waals surface area contributed by atoms with Crippen LogP contribution in [0.15, 0.2) is 83.8 Å². The second-order valence-electron chi connectivity index (χ2n) is 7.66. The molecular weight excluding hydrogens is 434 g/mol. The highest BCUT2D eigenvalue weighted by Crippen LogP contribution is 2.50. The van der Waals surface area contributed by atoms with Crippen LogP contribution in [0.2, 0.25) is 0 Å². The molecule has 4 aromatic carbocycles. The monoisotopic (exact) mass is 453 g/mol.